The number of anilines is 1. The predicted molar refractivity (Wildman–Crippen MR) is 89.7 cm³/mol. The van der Waals surface area contributed by atoms with Crippen LogP contribution in [-0.2, 0) is 6.54 Å². The topological polar surface area (TPSA) is 15.3 Å². The Kier molecular flexibility index (Phi) is 5.21. The van der Waals surface area contributed by atoms with Gasteiger partial charge in [-0.2, -0.15) is 0 Å². The maximum atomic E-state index is 3.37. The lowest BCUT2D eigenvalue weighted by Crippen LogP contribution is -2.22. The van der Waals surface area contributed by atoms with Gasteiger partial charge in [0.25, 0.3) is 0 Å². The van der Waals surface area contributed by atoms with Crippen LogP contribution in [0.4, 0.5) is 5.69 Å². The average molecular weight is 288 g/mol. The maximum Gasteiger partial charge on any atom is 0.0603 e. The van der Waals surface area contributed by atoms with Gasteiger partial charge < -0.3 is 10.2 Å². The molecule has 1 atom stereocenters. The number of nitrogens with one attached hydrogen (secondary N) is 1. The van der Waals surface area contributed by atoms with Crippen LogP contribution in [-0.4, -0.2) is 13.6 Å². The molecule has 0 aliphatic rings. The van der Waals surface area contributed by atoms with Crippen molar-refractivity contribution in [1.29, 1.82) is 0 Å². The smallest absolute Gasteiger partial charge is 0.0603 e. The minimum Gasteiger partial charge on any atom is -0.367 e. The van der Waals surface area contributed by atoms with E-state index in [2.05, 4.69) is 73.7 Å². The average Bonchev–Trinajstić information content (AvgIpc) is 2.98. The third-order valence-corrected chi connectivity index (χ3v) is 4.80. The van der Waals surface area contributed by atoms with Gasteiger partial charge in [0.2, 0.25) is 0 Å². The Hall–Kier alpha value is -1.32. The molecule has 0 aliphatic carbocycles. The molecule has 0 radical (unpaired) electrons. The quantitative estimate of drug-likeness (QED) is 0.849. The van der Waals surface area contributed by atoms with E-state index in [9.17, 15) is 0 Å². The van der Waals surface area contributed by atoms with Crippen LogP contribution in [0.5, 0.6) is 0 Å². The van der Waals surface area contributed by atoms with E-state index in [4.69, 9.17) is 0 Å². The molecule has 0 spiro atoms. The van der Waals surface area contributed by atoms with Crippen LogP contribution in [0.3, 0.4) is 0 Å². The highest BCUT2D eigenvalue weighted by molar-refractivity contribution is 7.10. The van der Waals surface area contributed by atoms with Crippen LogP contribution in [0.1, 0.15) is 35.9 Å². The molecule has 0 fully saturated rings. The number of benzene rings is 1. The Morgan fingerprint density at radius 1 is 1.30 bits per heavy atom. The van der Waals surface area contributed by atoms with E-state index in [1.54, 1.807) is 0 Å². The van der Waals surface area contributed by atoms with Crippen molar-refractivity contribution in [2.75, 3.05) is 18.5 Å². The van der Waals surface area contributed by atoms with E-state index in [1.807, 2.05) is 11.3 Å². The fourth-order valence-corrected chi connectivity index (χ4v) is 3.25. The lowest BCUT2D eigenvalue weighted by molar-refractivity contribution is 0.724. The van der Waals surface area contributed by atoms with E-state index in [-0.39, 0.29) is 0 Å². The summed E-state index contributed by atoms with van der Waals surface area (Å²) in [5.41, 5.74) is 4.00. The maximum absolute atomic E-state index is 3.37. The van der Waals surface area contributed by atoms with Crippen molar-refractivity contribution in [1.82, 2.24) is 5.32 Å². The van der Waals surface area contributed by atoms with Crippen molar-refractivity contribution in [3.63, 3.8) is 0 Å². The van der Waals surface area contributed by atoms with Crippen LogP contribution < -0.4 is 10.2 Å². The van der Waals surface area contributed by atoms with Gasteiger partial charge in [0.15, 0.2) is 0 Å². The fraction of sp³-hybridized carbons (Fsp3) is 0.412. The molecule has 0 saturated carbocycles. The predicted octanol–water partition coefficient (Wildman–Crippen LogP) is 4.36. The van der Waals surface area contributed by atoms with Crippen LogP contribution in [0, 0.1) is 6.92 Å². The van der Waals surface area contributed by atoms with E-state index in [1.165, 1.54) is 21.7 Å². The lowest BCUT2D eigenvalue weighted by Gasteiger charge is -2.28. The summed E-state index contributed by atoms with van der Waals surface area (Å²) in [7, 11) is 2.18. The minimum atomic E-state index is 0.410. The van der Waals surface area contributed by atoms with Crippen LogP contribution >= 0.6 is 11.3 Å². The van der Waals surface area contributed by atoms with Gasteiger partial charge in [-0.3, -0.25) is 0 Å². The number of hydrogen-bond acceptors (Lipinski definition) is 3. The number of rotatable bonds is 6. The molecule has 0 bridgehead atoms. The first kappa shape index (κ1) is 15.1. The molecule has 20 heavy (non-hydrogen) atoms. The minimum absolute atomic E-state index is 0.410. The van der Waals surface area contributed by atoms with Gasteiger partial charge in [-0.1, -0.05) is 25.1 Å². The Bertz CT molecular complexity index is 534. The van der Waals surface area contributed by atoms with Crippen molar-refractivity contribution in [2.24, 2.45) is 0 Å². The van der Waals surface area contributed by atoms with Crippen LogP contribution in [0.15, 0.2) is 35.7 Å². The van der Waals surface area contributed by atoms with Crippen molar-refractivity contribution in [2.45, 2.75) is 33.4 Å². The lowest BCUT2D eigenvalue weighted by atomic mass is 10.1. The molecule has 0 saturated heterocycles. The van der Waals surface area contributed by atoms with Crippen molar-refractivity contribution < 1.29 is 0 Å². The molecular weight excluding hydrogens is 264 g/mol. The number of thiophene rings is 1. The van der Waals surface area contributed by atoms with E-state index < -0.39 is 0 Å². The zero-order valence-corrected chi connectivity index (χ0v) is 13.6. The second-order valence-corrected chi connectivity index (χ2v) is 6.18. The molecule has 1 aromatic heterocycles. The highest BCUT2D eigenvalue weighted by Crippen LogP contribution is 2.30. The van der Waals surface area contributed by atoms with E-state index >= 15 is 0 Å². The molecule has 3 heteroatoms. The molecule has 0 aliphatic heterocycles. The summed E-state index contributed by atoms with van der Waals surface area (Å²) in [4.78, 5) is 3.77. The summed E-state index contributed by atoms with van der Waals surface area (Å²) in [6, 6.07) is 11.5. The number of hydrogen-bond donors (Lipinski definition) is 1. The highest BCUT2D eigenvalue weighted by Gasteiger charge is 2.14. The Morgan fingerprint density at radius 3 is 2.70 bits per heavy atom. The largest absolute Gasteiger partial charge is 0.367 e. The Labute approximate surface area is 126 Å². The van der Waals surface area contributed by atoms with Gasteiger partial charge in [-0.15, -0.1) is 11.3 Å². The number of aryl methyl sites for hydroxylation is 1. The molecule has 2 nitrogen and oxygen atoms in total. The SMILES string of the molecule is CCNCc1ccc(N(C)C(C)c2cccs2)c(C)c1. The molecule has 1 N–H and O–H groups in total. The zero-order valence-electron chi connectivity index (χ0n) is 12.8. The second-order valence-electron chi connectivity index (χ2n) is 5.20. The first-order chi connectivity index (χ1) is 9.63. The van der Waals surface area contributed by atoms with Crippen LogP contribution in [0.25, 0.3) is 0 Å². The van der Waals surface area contributed by atoms with Gasteiger partial charge in [0, 0.05) is 24.2 Å². The second kappa shape index (κ2) is 6.91. The van der Waals surface area contributed by atoms with Gasteiger partial charge in [0.1, 0.15) is 0 Å². The molecule has 108 valence electrons. The monoisotopic (exact) mass is 288 g/mol. The zero-order chi connectivity index (χ0) is 14.5. The Balaban J connectivity index is 2.15. The van der Waals surface area contributed by atoms with Crippen molar-refractivity contribution >= 4 is 17.0 Å². The molecule has 0 amide bonds. The van der Waals surface area contributed by atoms with Gasteiger partial charge in [0.05, 0.1) is 6.04 Å². The van der Waals surface area contributed by atoms with E-state index in [0.717, 1.165) is 13.1 Å². The van der Waals surface area contributed by atoms with Crippen molar-refractivity contribution in [3.05, 3.63) is 51.7 Å². The number of nitrogens with zero attached hydrogens (tertiary/aromatic N) is 1. The van der Waals surface area contributed by atoms with Crippen LogP contribution in [0.2, 0.25) is 0 Å². The molecule has 1 unspecified atom stereocenters. The molecule has 2 rings (SSSR count). The standard InChI is InChI=1S/C17H24N2S/c1-5-18-12-15-8-9-16(13(2)11-15)19(4)14(3)17-7-6-10-20-17/h6-11,14,18H,5,12H2,1-4H3. The summed E-state index contributed by atoms with van der Waals surface area (Å²) in [5, 5.41) is 5.52. The summed E-state index contributed by atoms with van der Waals surface area (Å²) >= 11 is 1.82. The summed E-state index contributed by atoms with van der Waals surface area (Å²) in [6.45, 7) is 8.55. The van der Waals surface area contributed by atoms with Gasteiger partial charge >= 0.3 is 0 Å². The molecular formula is C17H24N2S. The first-order valence-electron chi connectivity index (χ1n) is 7.20. The Morgan fingerprint density at radius 2 is 2.10 bits per heavy atom. The normalized spacial score (nSPS) is 12.4. The third kappa shape index (κ3) is 3.41. The molecule has 1 heterocycles. The first-order valence-corrected chi connectivity index (χ1v) is 8.08. The van der Waals surface area contributed by atoms with Crippen molar-refractivity contribution in [3.8, 4) is 0 Å². The fourth-order valence-electron chi connectivity index (χ4n) is 2.42. The summed E-state index contributed by atoms with van der Waals surface area (Å²) < 4.78 is 0. The van der Waals surface area contributed by atoms with Gasteiger partial charge in [-0.25, -0.2) is 0 Å². The third-order valence-electron chi connectivity index (χ3n) is 3.76. The van der Waals surface area contributed by atoms with E-state index in [0.29, 0.717) is 6.04 Å². The molecule has 1 aromatic carbocycles. The summed E-state index contributed by atoms with van der Waals surface area (Å²) in [5.74, 6) is 0. The summed E-state index contributed by atoms with van der Waals surface area (Å²) in [6.07, 6.45) is 0. The van der Waals surface area contributed by atoms with Gasteiger partial charge in [-0.05, 0) is 49.0 Å². The highest BCUT2D eigenvalue weighted by atomic mass is 32.1. The molecule has 2 aromatic rings.